The van der Waals surface area contributed by atoms with Gasteiger partial charge in [-0.05, 0) is 35.7 Å². The highest BCUT2D eigenvalue weighted by Crippen LogP contribution is 2.35. The summed E-state index contributed by atoms with van der Waals surface area (Å²) in [6, 6.07) is 7.59. The van der Waals surface area contributed by atoms with Crippen LogP contribution in [0.3, 0.4) is 0 Å². The monoisotopic (exact) mass is 298 g/mol. The van der Waals surface area contributed by atoms with E-state index in [4.69, 9.17) is 4.74 Å². The highest BCUT2D eigenvalue weighted by atomic mass is 19.4. The number of alkyl halides is 3. The smallest absolute Gasteiger partial charge is 0.416 e. The lowest BCUT2D eigenvalue weighted by Crippen LogP contribution is -2.04. The van der Waals surface area contributed by atoms with Crippen molar-refractivity contribution in [2.75, 3.05) is 7.11 Å². The minimum atomic E-state index is -4.38. The van der Waals surface area contributed by atoms with E-state index in [2.05, 4.69) is 0 Å². The van der Waals surface area contributed by atoms with Crippen molar-refractivity contribution in [2.45, 2.75) is 19.5 Å². The highest BCUT2D eigenvalue weighted by Gasteiger charge is 2.30. The van der Waals surface area contributed by atoms with Gasteiger partial charge < -0.3 is 4.74 Å². The number of rotatable bonds is 3. The maximum Gasteiger partial charge on any atom is 0.416 e. The van der Waals surface area contributed by atoms with Crippen LogP contribution in [0.25, 0.3) is 11.1 Å². The fraction of sp³-hybridized carbons (Fsp3) is 0.250. The van der Waals surface area contributed by atoms with Gasteiger partial charge in [-0.3, -0.25) is 0 Å². The van der Waals surface area contributed by atoms with Crippen LogP contribution in [-0.2, 0) is 12.6 Å². The number of benzene rings is 2. The zero-order chi connectivity index (χ0) is 15.6. The Morgan fingerprint density at radius 2 is 1.67 bits per heavy atom. The average molecular weight is 298 g/mol. The lowest BCUT2D eigenvalue weighted by atomic mass is 9.99. The van der Waals surface area contributed by atoms with E-state index in [0.29, 0.717) is 28.9 Å². The highest BCUT2D eigenvalue weighted by molar-refractivity contribution is 5.71. The van der Waals surface area contributed by atoms with Gasteiger partial charge >= 0.3 is 6.18 Å². The molecule has 0 aromatic heterocycles. The van der Waals surface area contributed by atoms with Crippen molar-refractivity contribution in [3.8, 4) is 16.9 Å². The van der Waals surface area contributed by atoms with Crippen LogP contribution < -0.4 is 4.74 Å². The van der Waals surface area contributed by atoms with Crippen molar-refractivity contribution in [3.05, 3.63) is 53.3 Å². The number of aryl methyl sites for hydroxylation is 1. The molecule has 0 saturated carbocycles. The molecule has 112 valence electrons. The minimum absolute atomic E-state index is 0.296. The number of hydrogen-bond acceptors (Lipinski definition) is 1. The lowest BCUT2D eigenvalue weighted by Gasteiger charge is -2.13. The van der Waals surface area contributed by atoms with Crippen LogP contribution in [0.1, 0.15) is 18.1 Å². The molecule has 21 heavy (non-hydrogen) atoms. The summed E-state index contributed by atoms with van der Waals surface area (Å²) >= 11 is 0. The lowest BCUT2D eigenvalue weighted by molar-refractivity contribution is -0.137. The second kappa shape index (κ2) is 5.76. The number of ether oxygens (including phenoxy) is 1. The largest absolute Gasteiger partial charge is 0.496 e. The zero-order valence-corrected chi connectivity index (χ0v) is 11.6. The molecule has 0 aliphatic carbocycles. The summed E-state index contributed by atoms with van der Waals surface area (Å²) in [5.74, 6) is -0.0885. The van der Waals surface area contributed by atoms with E-state index in [0.717, 1.165) is 12.1 Å². The van der Waals surface area contributed by atoms with Gasteiger partial charge in [-0.2, -0.15) is 13.2 Å². The van der Waals surface area contributed by atoms with E-state index in [9.17, 15) is 17.6 Å². The van der Waals surface area contributed by atoms with Gasteiger partial charge in [0.25, 0.3) is 0 Å². The molecule has 0 amide bonds. The molecule has 2 aromatic carbocycles. The van der Waals surface area contributed by atoms with E-state index >= 15 is 0 Å². The van der Waals surface area contributed by atoms with Crippen molar-refractivity contribution in [1.82, 2.24) is 0 Å². The molecule has 0 fully saturated rings. The molecule has 0 aliphatic heterocycles. The molecule has 0 bridgehead atoms. The molecule has 2 rings (SSSR count). The predicted octanol–water partition coefficient (Wildman–Crippen LogP) is 5.08. The fourth-order valence-corrected chi connectivity index (χ4v) is 2.10. The molecule has 5 heteroatoms. The Bertz CT molecular complexity index is 630. The van der Waals surface area contributed by atoms with E-state index in [-0.39, 0.29) is 5.82 Å². The summed E-state index contributed by atoms with van der Waals surface area (Å²) in [5.41, 5.74) is 0.896. The maximum absolute atomic E-state index is 13.7. The van der Waals surface area contributed by atoms with Crippen molar-refractivity contribution < 1.29 is 22.3 Å². The van der Waals surface area contributed by atoms with E-state index in [1.807, 2.05) is 0 Å². The molecule has 1 nitrogen and oxygen atoms in total. The number of hydrogen-bond donors (Lipinski definition) is 0. The van der Waals surface area contributed by atoms with Gasteiger partial charge in [-0.1, -0.05) is 19.1 Å². The predicted molar refractivity (Wildman–Crippen MR) is 72.8 cm³/mol. The number of methoxy groups -OCH3 is 1. The third-order valence-electron chi connectivity index (χ3n) is 3.27. The maximum atomic E-state index is 13.7. The molecule has 2 aromatic rings. The summed E-state index contributed by atoms with van der Waals surface area (Å²) in [5, 5.41) is 0. The van der Waals surface area contributed by atoms with Gasteiger partial charge in [0.15, 0.2) is 0 Å². The quantitative estimate of drug-likeness (QED) is 0.718. The molecular weight excluding hydrogens is 284 g/mol. The first kappa shape index (κ1) is 15.4. The van der Waals surface area contributed by atoms with Crippen molar-refractivity contribution in [3.63, 3.8) is 0 Å². The molecule has 0 unspecified atom stereocenters. The third kappa shape index (κ3) is 3.17. The normalized spacial score (nSPS) is 11.5. The van der Waals surface area contributed by atoms with Crippen molar-refractivity contribution in [2.24, 2.45) is 0 Å². The van der Waals surface area contributed by atoms with Crippen LogP contribution in [0, 0.1) is 5.82 Å². The van der Waals surface area contributed by atoms with E-state index < -0.39 is 11.7 Å². The van der Waals surface area contributed by atoms with E-state index in [1.54, 1.807) is 13.0 Å². The molecule has 0 atom stereocenters. The Kier molecular flexibility index (Phi) is 4.21. The Morgan fingerprint density at radius 1 is 1.05 bits per heavy atom. The number of halogens is 4. The van der Waals surface area contributed by atoms with Crippen LogP contribution in [0.5, 0.6) is 5.75 Å². The van der Waals surface area contributed by atoms with Crippen LogP contribution in [0.15, 0.2) is 36.4 Å². The molecular formula is C16H14F4O. The minimum Gasteiger partial charge on any atom is -0.496 e. The molecule has 0 aliphatic rings. The fourth-order valence-electron chi connectivity index (χ4n) is 2.10. The Hall–Kier alpha value is -2.04. The summed E-state index contributed by atoms with van der Waals surface area (Å²) in [6.07, 6.45) is -3.89. The van der Waals surface area contributed by atoms with Gasteiger partial charge in [-0.15, -0.1) is 0 Å². The van der Waals surface area contributed by atoms with Crippen LogP contribution in [-0.4, -0.2) is 7.11 Å². The Labute approximate surface area is 120 Å². The SMILES string of the molecule is CCc1cc(-c2ccc(C(F)(F)F)cc2)c(OC)cc1F. The van der Waals surface area contributed by atoms with Gasteiger partial charge in [-0.25, -0.2) is 4.39 Å². The summed E-state index contributed by atoms with van der Waals surface area (Å²) in [6.45, 7) is 1.81. The second-order valence-electron chi connectivity index (χ2n) is 4.57. The molecule has 0 saturated heterocycles. The standard InChI is InChI=1S/C16H14F4O/c1-3-10-8-13(15(21-2)9-14(10)17)11-4-6-12(7-5-11)16(18,19)20/h4-9H,3H2,1-2H3. The van der Waals surface area contributed by atoms with Crippen LogP contribution in [0.4, 0.5) is 17.6 Å². The van der Waals surface area contributed by atoms with Gasteiger partial charge in [0.05, 0.1) is 12.7 Å². The van der Waals surface area contributed by atoms with E-state index in [1.165, 1.54) is 25.3 Å². The van der Waals surface area contributed by atoms with Gasteiger partial charge in [0, 0.05) is 11.6 Å². The first-order chi connectivity index (χ1) is 9.86. The molecule has 0 radical (unpaired) electrons. The molecule has 0 N–H and O–H groups in total. The Balaban J connectivity index is 2.50. The third-order valence-corrected chi connectivity index (χ3v) is 3.27. The summed E-state index contributed by atoms with van der Waals surface area (Å²) in [4.78, 5) is 0. The van der Waals surface area contributed by atoms with Gasteiger partial charge in [0.1, 0.15) is 11.6 Å². The van der Waals surface area contributed by atoms with Crippen molar-refractivity contribution >= 4 is 0 Å². The van der Waals surface area contributed by atoms with Crippen LogP contribution >= 0.6 is 0 Å². The topological polar surface area (TPSA) is 9.23 Å². The Morgan fingerprint density at radius 3 is 2.14 bits per heavy atom. The van der Waals surface area contributed by atoms with Crippen molar-refractivity contribution in [1.29, 1.82) is 0 Å². The average Bonchev–Trinajstić information content (AvgIpc) is 2.46. The second-order valence-corrected chi connectivity index (χ2v) is 4.57. The van der Waals surface area contributed by atoms with Crippen LogP contribution in [0.2, 0.25) is 0 Å². The first-order valence-electron chi connectivity index (χ1n) is 6.41. The molecule has 0 heterocycles. The summed E-state index contributed by atoms with van der Waals surface area (Å²) < 4.78 is 56.5. The molecule has 0 spiro atoms. The summed E-state index contributed by atoms with van der Waals surface area (Å²) in [7, 11) is 1.40. The zero-order valence-electron chi connectivity index (χ0n) is 11.6. The van der Waals surface area contributed by atoms with Gasteiger partial charge in [0.2, 0.25) is 0 Å². The first-order valence-corrected chi connectivity index (χ1v) is 6.41.